The third-order valence-electron chi connectivity index (χ3n) is 6.15. The zero-order chi connectivity index (χ0) is 21.1. The van der Waals surface area contributed by atoms with E-state index in [2.05, 4.69) is 4.98 Å². The summed E-state index contributed by atoms with van der Waals surface area (Å²) in [6, 6.07) is 7.58. The molecule has 1 unspecified atom stereocenters. The smallest absolute Gasteiger partial charge is 0.226 e. The van der Waals surface area contributed by atoms with Crippen LogP contribution in [0.1, 0.15) is 43.2 Å². The van der Waals surface area contributed by atoms with E-state index >= 15 is 0 Å². The highest BCUT2D eigenvalue weighted by Crippen LogP contribution is 2.36. The number of aliphatic hydroxyl groups excluding tert-OH is 1. The van der Waals surface area contributed by atoms with Gasteiger partial charge in [-0.25, -0.2) is 0 Å². The molecule has 0 radical (unpaired) electrons. The van der Waals surface area contributed by atoms with Crippen LogP contribution < -0.4 is 4.74 Å². The minimum Gasteiger partial charge on any atom is -0.489 e. The predicted molar refractivity (Wildman–Crippen MR) is 124 cm³/mol. The van der Waals surface area contributed by atoms with Crippen LogP contribution in [0.3, 0.4) is 0 Å². The number of ether oxygens (including phenoxy) is 1. The Morgan fingerprint density at radius 1 is 1.13 bits per heavy atom. The summed E-state index contributed by atoms with van der Waals surface area (Å²) in [6.07, 6.45) is 7.90. The first-order valence-corrected chi connectivity index (χ1v) is 11.2. The van der Waals surface area contributed by atoms with Gasteiger partial charge in [-0.1, -0.05) is 29.3 Å². The standard InChI is InChI=1S/C23H26Cl2N2O3.ClH/c24-21-11-19(30-14-15-2-1-8-26-13-15)12-22(25)20(21)10-16-7-9-27(23(16)29)17-3-5-18(28)6-4-17;/h1-2,8,11-13,16-18,28H,3-7,9-10,14H2;1H/t16?,17-,18+;. The fourth-order valence-electron chi connectivity index (χ4n) is 4.44. The molecule has 1 saturated carbocycles. The molecular formula is C23H27Cl3N2O3. The summed E-state index contributed by atoms with van der Waals surface area (Å²) in [6.45, 7) is 1.15. The third-order valence-corrected chi connectivity index (χ3v) is 6.83. The summed E-state index contributed by atoms with van der Waals surface area (Å²) in [7, 11) is 0. The van der Waals surface area contributed by atoms with Crippen LogP contribution in [0.25, 0.3) is 0 Å². The van der Waals surface area contributed by atoms with Crippen LogP contribution in [0, 0.1) is 5.92 Å². The number of benzene rings is 1. The highest BCUT2D eigenvalue weighted by atomic mass is 35.5. The van der Waals surface area contributed by atoms with E-state index in [9.17, 15) is 9.90 Å². The van der Waals surface area contributed by atoms with Crippen LogP contribution in [0.2, 0.25) is 10.0 Å². The molecule has 1 saturated heterocycles. The van der Waals surface area contributed by atoms with E-state index in [0.29, 0.717) is 28.8 Å². The molecule has 5 nitrogen and oxygen atoms in total. The van der Waals surface area contributed by atoms with Crippen LogP contribution in [0.5, 0.6) is 5.75 Å². The number of carbonyl (C=O) groups is 1. The van der Waals surface area contributed by atoms with Crippen molar-refractivity contribution in [1.82, 2.24) is 9.88 Å². The Bertz CT molecular complexity index is 866. The maximum absolute atomic E-state index is 13.0. The topological polar surface area (TPSA) is 62.7 Å². The van der Waals surface area contributed by atoms with E-state index in [0.717, 1.165) is 49.8 Å². The van der Waals surface area contributed by atoms with Crippen LogP contribution >= 0.6 is 35.6 Å². The fraction of sp³-hybridized carbons (Fsp3) is 0.478. The number of carbonyl (C=O) groups excluding carboxylic acids is 1. The number of pyridine rings is 1. The molecule has 31 heavy (non-hydrogen) atoms. The van der Waals surface area contributed by atoms with Gasteiger partial charge in [0.1, 0.15) is 12.4 Å². The van der Waals surface area contributed by atoms with Gasteiger partial charge >= 0.3 is 0 Å². The van der Waals surface area contributed by atoms with E-state index in [1.807, 2.05) is 17.0 Å². The molecule has 1 atom stereocenters. The Labute approximate surface area is 199 Å². The van der Waals surface area contributed by atoms with Gasteiger partial charge in [0.25, 0.3) is 0 Å². The van der Waals surface area contributed by atoms with E-state index in [4.69, 9.17) is 27.9 Å². The lowest BCUT2D eigenvalue weighted by Crippen LogP contribution is -2.41. The van der Waals surface area contributed by atoms with E-state index in [-0.39, 0.29) is 36.4 Å². The lowest BCUT2D eigenvalue weighted by atomic mass is 9.92. The average Bonchev–Trinajstić information content (AvgIpc) is 3.11. The second kappa shape index (κ2) is 10.9. The van der Waals surface area contributed by atoms with E-state index in [1.54, 1.807) is 24.5 Å². The van der Waals surface area contributed by atoms with E-state index in [1.165, 1.54) is 0 Å². The number of hydrogen-bond donors (Lipinski definition) is 1. The van der Waals surface area contributed by atoms with Gasteiger partial charge in [0.05, 0.1) is 6.10 Å². The number of likely N-dealkylation sites (tertiary alicyclic amines) is 1. The van der Waals surface area contributed by atoms with Gasteiger partial charge in [0, 0.05) is 46.5 Å². The SMILES string of the molecule is Cl.O=C1C(Cc2c(Cl)cc(OCc3cccnc3)cc2Cl)CCN1[C@H]1CC[C@@H](O)CC1. The summed E-state index contributed by atoms with van der Waals surface area (Å²) in [5.74, 6) is 0.673. The second-order valence-electron chi connectivity index (χ2n) is 8.20. The number of rotatable bonds is 6. The lowest BCUT2D eigenvalue weighted by molar-refractivity contribution is -0.133. The van der Waals surface area contributed by atoms with Crippen molar-refractivity contribution in [3.63, 3.8) is 0 Å². The number of amides is 1. The first-order valence-electron chi connectivity index (χ1n) is 10.5. The molecule has 2 fully saturated rings. The Balaban J connectivity index is 0.00000272. The van der Waals surface area contributed by atoms with Gasteiger partial charge in [-0.3, -0.25) is 9.78 Å². The van der Waals surface area contributed by atoms with Gasteiger partial charge < -0.3 is 14.7 Å². The largest absolute Gasteiger partial charge is 0.489 e. The number of nitrogens with zero attached hydrogens (tertiary/aromatic N) is 2. The van der Waals surface area contributed by atoms with Gasteiger partial charge in [-0.15, -0.1) is 12.4 Å². The Morgan fingerprint density at radius 2 is 1.84 bits per heavy atom. The molecule has 1 aromatic carbocycles. The van der Waals surface area contributed by atoms with Crippen molar-refractivity contribution >= 4 is 41.5 Å². The molecule has 1 N–H and O–H groups in total. The molecule has 168 valence electrons. The van der Waals surface area contributed by atoms with Gasteiger partial charge in [0.2, 0.25) is 5.91 Å². The van der Waals surface area contributed by atoms with Gasteiger partial charge in [-0.2, -0.15) is 0 Å². The molecule has 0 spiro atoms. The first-order chi connectivity index (χ1) is 14.5. The first kappa shape index (κ1) is 24.1. The zero-order valence-electron chi connectivity index (χ0n) is 17.2. The van der Waals surface area contributed by atoms with Crippen molar-refractivity contribution in [2.24, 2.45) is 5.92 Å². The normalized spacial score (nSPS) is 23.5. The number of aliphatic hydroxyl groups is 1. The predicted octanol–water partition coefficient (Wildman–Crippen LogP) is 5.08. The molecule has 1 aliphatic heterocycles. The molecule has 2 heterocycles. The summed E-state index contributed by atoms with van der Waals surface area (Å²) in [5.41, 5.74) is 1.76. The molecule has 1 amide bonds. The van der Waals surface area contributed by atoms with Crippen LogP contribution in [0.4, 0.5) is 0 Å². The van der Waals surface area contributed by atoms with Gasteiger partial charge in [-0.05, 0) is 62.3 Å². The highest BCUT2D eigenvalue weighted by Gasteiger charge is 2.37. The van der Waals surface area contributed by atoms with E-state index < -0.39 is 0 Å². The van der Waals surface area contributed by atoms with Crippen molar-refractivity contribution < 1.29 is 14.6 Å². The number of aromatic nitrogens is 1. The third kappa shape index (κ3) is 5.83. The minimum absolute atomic E-state index is 0. The molecule has 0 bridgehead atoms. The molecule has 1 aliphatic carbocycles. The molecular weight excluding hydrogens is 459 g/mol. The molecule has 2 aromatic rings. The van der Waals surface area contributed by atoms with Crippen molar-refractivity contribution in [3.8, 4) is 5.75 Å². The maximum atomic E-state index is 13.0. The Hall–Kier alpha value is -1.53. The minimum atomic E-state index is -0.216. The quantitative estimate of drug-likeness (QED) is 0.619. The van der Waals surface area contributed by atoms with Crippen LogP contribution in [0.15, 0.2) is 36.7 Å². The van der Waals surface area contributed by atoms with Crippen molar-refractivity contribution in [3.05, 3.63) is 57.8 Å². The molecule has 8 heteroatoms. The monoisotopic (exact) mass is 484 g/mol. The van der Waals surface area contributed by atoms with Crippen LogP contribution in [-0.2, 0) is 17.8 Å². The average molecular weight is 486 g/mol. The zero-order valence-corrected chi connectivity index (χ0v) is 19.5. The Kier molecular flexibility index (Phi) is 8.45. The molecule has 1 aromatic heterocycles. The fourth-order valence-corrected chi connectivity index (χ4v) is 5.06. The number of hydrogen-bond acceptors (Lipinski definition) is 4. The number of halogens is 3. The summed E-state index contributed by atoms with van der Waals surface area (Å²) >= 11 is 13.0. The highest BCUT2D eigenvalue weighted by molar-refractivity contribution is 6.36. The van der Waals surface area contributed by atoms with Crippen molar-refractivity contribution in [2.45, 2.75) is 57.3 Å². The summed E-state index contributed by atoms with van der Waals surface area (Å²) in [4.78, 5) is 19.1. The second-order valence-corrected chi connectivity index (χ2v) is 9.01. The van der Waals surface area contributed by atoms with Gasteiger partial charge in [0.15, 0.2) is 0 Å². The van der Waals surface area contributed by atoms with Crippen molar-refractivity contribution in [1.29, 1.82) is 0 Å². The van der Waals surface area contributed by atoms with Crippen molar-refractivity contribution in [2.75, 3.05) is 6.54 Å². The lowest BCUT2D eigenvalue weighted by Gasteiger charge is -2.33. The maximum Gasteiger partial charge on any atom is 0.226 e. The summed E-state index contributed by atoms with van der Waals surface area (Å²) < 4.78 is 5.80. The Morgan fingerprint density at radius 3 is 2.48 bits per heavy atom. The summed E-state index contributed by atoms with van der Waals surface area (Å²) in [5, 5.41) is 10.8. The molecule has 2 aliphatic rings. The van der Waals surface area contributed by atoms with Crippen LogP contribution in [-0.4, -0.2) is 39.6 Å². The molecule has 4 rings (SSSR count).